The van der Waals surface area contributed by atoms with Gasteiger partial charge in [-0.1, -0.05) is 32.0 Å². The lowest BCUT2D eigenvalue weighted by Gasteiger charge is -2.10. The van der Waals surface area contributed by atoms with Gasteiger partial charge in [-0.3, -0.25) is 0 Å². The maximum absolute atomic E-state index is 9.50. The zero-order valence-corrected chi connectivity index (χ0v) is 9.40. The molecule has 0 aliphatic carbocycles. The van der Waals surface area contributed by atoms with Crippen LogP contribution in [0.1, 0.15) is 13.8 Å². The molecule has 0 saturated heterocycles. The van der Waals surface area contributed by atoms with E-state index in [4.69, 9.17) is 0 Å². The molecule has 14 heavy (non-hydrogen) atoms. The van der Waals surface area contributed by atoms with Gasteiger partial charge in [0.2, 0.25) is 0 Å². The van der Waals surface area contributed by atoms with Crippen LogP contribution in [0, 0.1) is 5.92 Å². The van der Waals surface area contributed by atoms with Crippen molar-refractivity contribution < 1.29 is 4.79 Å². The molecule has 0 saturated carbocycles. The van der Waals surface area contributed by atoms with Crippen LogP contribution >= 0.6 is 0 Å². The van der Waals surface area contributed by atoms with Crippen molar-refractivity contribution in [3.05, 3.63) is 30.3 Å². The predicted octanol–water partition coefficient (Wildman–Crippen LogP) is 2.59. The highest BCUT2D eigenvalue weighted by molar-refractivity contribution is 5.51. The van der Waals surface area contributed by atoms with E-state index in [2.05, 4.69) is 17.0 Å². The van der Waals surface area contributed by atoms with E-state index in [0.717, 1.165) is 6.29 Å². The highest BCUT2D eigenvalue weighted by Gasteiger charge is 1.87. The number of anilines is 1. The molecule has 2 nitrogen and oxygen atoms in total. The van der Waals surface area contributed by atoms with E-state index < -0.39 is 0 Å². The molecule has 0 N–H and O–H groups in total. The fourth-order valence-electron chi connectivity index (χ4n) is 0.726. The minimum Gasteiger partial charge on any atom is -0.378 e. The van der Waals surface area contributed by atoms with E-state index in [0.29, 0.717) is 0 Å². The maximum Gasteiger partial charge on any atom is 0.122 e. The van der Waals surface area contributed by atoms with Crippen LogP contribution in [0.15, 0.2) is 30.3 Å². The number of nitrogens with zero attached hydrogens (tertiary/aromatic N) is 1. The first kappa shape index (κ1) is 12.7. The van der Waals surface area contributed by atoms with Gasteiger partial charge in [-0.2, -0.15) is 0 Å². The van der Waals surface area contributed by atoms with E-state index in [1.807, 2.05) is 46.1 Å². The molecule has 1 aromatic rings. The minimum atomic E-state index is 0.204. The van der Waals surface area contributed by atoms with Gasteiger partial charge in [-0.15, -0.1) is 0 Å². The second kappa shape index (κ2) is 7.13. The van der Waals surface area contributed by atoms with Crippen LogP contribution in [0.3, 0.4) is 0 Å². The van der Waals surface area contributed by atoms with E-state index in [-0.39, 0.29) is 5.92 Å². The monoisotopic (exact) mass is 193 g/mol. The van der Waals surface area contributed by atoms with Crippen molar-refractivity contribution in [2.45, 2.75) is 13.8 Å². The molecular weight excluding hydrogens is 174 g/mol. The number of para-hydroxylation sites is 1. The average molecular weight is 193 g/mol. The second-order valence-corrected chi connectivity index (χ2v) is 3.61. The Morgan fingerprint density at radius 2 is 1.57 bits per heavy atom. The summed E-state index contributed by atoms with van der Waals surface area (Å²) >= 11 is 0. The molecule has 0 amide bonds. The third-order valence-corrected chi connectivity index (χ3v) is 1.54. The standard InChI is InChI=1S/C8H11N.C4H8O/c1-9(2)8-6-4-3-5-7-8;1-4(2)3-5/h3-7H,1-2H3;3-4H,1-2H3. The summed E-state index contributed by atoms with van der Waals surface area (Å²) in [5.74, 6) is 0.204. The van der Waals surface area contributed by atoms with Crippen LogP contribution in [0.2, 0.25) is 0 Å². The summed E-state index contributed by atoms with van der Waals surface area (Å²) in [4.78, 5) is 11.6. The summed E-state index contributed by atoms with van der Waals surface area (Å²) in [5, 5.41) is 0. The lowest BCUT2D eigenvalue weighted by atomic mass is 10.3. The van der Waals surface area contributed by atoms with Crippen molar-refractivity contribution >= 4 is 12.0 Å². The van der Waals surface area contributed by atoms with Gasteiger partial charge in [0.1, 0.15) is 6.29 Å². The molecule has 0 radical (unpaired) electrons. The Bertz CT molecular complexity index is 242. The molecule has 78 valence electrons. The number of rotatable bonds is 2. The minimum absolute atomic E-state index is 0.204. The molecule has 0 aromatic heterocycles. The third kappa shape index (κ3) is 6.23. The molecule has 0 bridgehead atoms. The summed E-state index contributed by atoms with van der Waals surface area (Å²) < 4.78 is 0. The van der Waals surface area contributed by atoms with Crippen LogP contribution in [-0.2, 0) is 4.79 Å². The van der Waals surface area contributed by atoms with E-state index >= 15 is 0 Å². The molecule has 0 heterocycles. The summed E-state index contributed by atoms with van der Waals surface area (Å²) in [6.45, 7) is 3.71. The van der Waals surface area contributed by atoms with Gasteiger partial charge >= 0.3 is 0 Å². The highest BCUT2D eigenvalue weighted by Crippen LogP contribution is 2.07. The molecule has 0 aliphatic rings. The largest absolute Gasteiger partial charge is 0.378 e. The van der Waals surface area contributed by atoms with Gasteiger partial charge in [-0.05, 0) is 12.1 Å². The summed E-state index contributed by atoms with van der Waals surface area (Å²) in [5.41, 5.74) is 1.25. The van der Waals surface area contributed by atoms with Gasteiger partial charge in [0, 0.05) is 25.7 Å². The Hall–Kier alpha value is -1.31. The second-order valence-electron chi connectivity index (χ2n) is 3.61. The van der Waals surface area contributed by atoms with Crippen LogP contribution in [0.4, 0.5) is 5.69 Å². The van der Waals surface area contributed by atoms with Crippen molar-refractivity contribution in [1.82, 2.24) is 0 Å². The van der Waals surface area contributed by atoms with Crippen molar-refractivity contribution in [2.24, 2.45) is 5.92 Å². The van der Waals surface area contributed by atoms with Crippen LogP contribution in [0.25, 0.3) is 0 Å². The molecule has 0 fully saturated rings. The van der Waals surface area contributed by atoms with Crippen LogP contribution < -0.4 is 4.90 Å². The first-order valence-electron chi connectivity index (χ1n) is 4.75. The van der Waals surface area contributed by atoms with Crippen molar-refractivity contribution in [2.75, 3.05) is 19.0 Å². The van der Waals surface area contributed by atoms with Crippen LogP contribution in [-0.4, -0.2) is 20.4 Å². The SMILES string of the molecule is CC(C)C=O.CN(C)c1ccccc1. The Balaban J connectivity index is 0.000000292. The topological polar surface area (TPSA) is 20.3 Å². The molecule has 0 unspecified atom stereocenters. The van der Waals surface area contributed by atoms with Gasteiger partial charge in [0.25, 0.3) is 0 Å². The highest BCUT2D eigenvalue weighted by atomic mass is 16.1. The van der Waals surface area contributed by atoms with Gasteiger partial charge < -0.3 is 9.69 Å². The molecule has 0 spiro atoms. The number of carbonyl (C=O) groups excluding carboxylic acids is 1. The number of aldehydes is 1. The quantitative estimate of drug-likeness (QED) is 0.673. The van der Waals surface area contributed by atoms with Crippen molar-refractivity contribution in [3.63, 3.8) is 0 Å². The Labute approximate surface area is 86.5 Å². The zero-order chi connectivity index (χ0) is 11.0. The number of carbonyl (C=O) groups is 1. The summed E-state index contributed by atoms with van der Waals surface area (Å²) in [6, 6.07) is 10.3. The normalized spacial score (nSPS) is 8.93. The first-order chi connectivity index (χ1) is 6.57. The Morgan fingerprint density at radius 1 is 1.14 bits per heavy atom. The first-order valence-corrected chi connectivity index (χ1v) is 4.75. The fraction of sp³-hybridized carbons (Fsp3) is 0.417. The molecule has 1 aromatic carbocycles. The Morgan fingerprint density at radius 3 is 1.79 bits per heavy atom. The lowest BCUT2D eigenvalue weighted by Crippen LogP contribution is -2.07. The smallest absolute Gasteiger partial charge is 0.122 e. The van der Waals surface area contributed by atoms with Crippen molar-refractivity contribution in [1.29, 1.82) is 0 Å². The van der Waals surface area contributed by atoms with E-state index in [9.17, 15) is 4.79 Å². The zero-order valence-electron chi connectivity index (χ0n) is 9.40. The van der Waals surface area contributed by atoms with Crippen LogP contribution in [0.5, 0.6) is 0 Å². The number of benzene rings is 1. The van der Waals surface area contributed by atoms with E-state index in [1.165, 1.54) is 5.69 Å². The fourth-order valence-corrected chi connectivity index (χ4v) is 0.726. The maximum atomic E-state index is 9.50. The van der Waals surface area contributed by atoms with Gasteiger partial charge in [-0.25, -0.2) is 0 Å². The molecule has 1 rings (SSSR count). The average Bonchev–Trinajstić information content (AvgIpc) is 2.20. The summed E-state index contributed by atoms with van der Waals surface area (Å²) in [6.07, 6.45) is 0.917. The van der Waals surface area contributed by atoms with Crippen molar-refractivity contribution in [3.8, 4) is 0 Å². The number of hydrogen-bond acceptors (Lipinski definition) is 2. The molecule has 0 atom stereocenters. The number of hydrogen-bond donors (Lipinski definition) is 0. The molecular formula is C12H19NO. The Kier molecular flexibility index (Phi) is 6.46. The predicted molar refractivity (Wildman–Crippen MR) is 61.7 cm³/mol. The lowest BCUT2D eigenvalue weighted by molar-refractivity contribution is -0.110. The third-order valence-electron chi connectivity index (χ3n) is 1.54. The van der Waals surface area contributed by atoms with Gasteiger partial charge in [0.05, 0.1) is 0 Å². The van der Waals surface area contributed by atoms with Gasteiger partial charge in [0.15, 0.2) is 0 Å². The van der Waals surface area contributed by atoms with E-state index in [1.54, 1.807) is 0 Å². The summed E-state index contributed by atoms with van der Waals surface area (Å²) in [7, 11) is 4.07. The molecule has 2 heteroatoms. The molecule has 0 aliphatic heterocycles.